The average Bonchev–Trinajstić information content (AvgIpc) is 2.76. The highest BCUT2D eigenvalue weighted by Crippen LogP contribution is 2.42. The second-order valence-corrected chi connectivity index (χ2v) is 4.84. The fourth-order valence-electron chi connectivity index (χ4n) is 1.99. The summed E-state index contributed by atoms with van der Waals surface area (Å²) in [5.41, 5.74) is 0.699. The molecular weight excluding hydrogens is 235 g/mol. The molecule has 1 aliphatic carbocycles. The van der Waals surface area contributed by atoms with Crippen LogP contribution in [0.25, 0.3) is 5.57 Å². The van der Waals surface area contributed by atoms with Crippen LogP contribution < -0.4 is 0 Å². The zero-order valence-electron chi connectivity index (χ0n) is 8.90. The molecule has 16 heavy (non-hydrogen) atoms. The summed E-state index contributed by atoms with van der Waals surface area (Å²) >= 11 is 1.08. The van der Waals surface area contributed by atoms with Crippen molar-refractivity contribution in [3.8, 4) is 0 Å². The average molecular weight is 247 g/mol. The van der Waals surface area contributed by atoms with Crippen LogP contribution in [0.3, 0.4) is 0 Å². The maximum absolute atomic E-state index is 13.0. The molecule has 1 nitrogen and oxygen atoms in total. The van der Waals surface area contributed by atoms with Gasteiger partial charge < -0.3 is 0 Å². The quantitative estimate of drug-likeness (QED) is 0.719. The fourth-order valence-corrected chi connectivity index (χ4v) is 2.90. The lowest BCUT2D eigenvalue weighted by Crippen LogP contribution is -2.12. The second kappa shape index (κ2) is 4.20. The Morgan fingerprint density at radius 3 is 2.38 bits per heavy atom. The minimum atomic E-state index is -4.27. The van der Waals surface area contributed by atoms with Gasteiger partial charge >= 0.3 is 6.18 Å². The fraction of sp³-hybridized carbons (Fsp3) is 0.545. The molecule has 1 aromatic heterocycles. The first-order valence-electron chi connectivity index (χ1n) is 5.20. The van der Waals surface area contributed by atoms with Crippen LogP contribution in [-0.4, -0.2) is 11.2 Å². The van der Waals surface area contributed by atoms with E-state index in [2.05, 4.69) is 4.98 Å². The molecule has 5 heteroatoms. The molecule has 88 valence electrons. The first kappa shape index (κ1) is 11.6. The molecule has 0 amide bonds. The summed E-state index contributed by atoms with van der Waals surface area (Å²) in [6, 6.07) is 0. The standard InChI is InChI=1S/C11H12F3NS/c1-7-6-16-10(15-7)9(11(12,13)14)8-4-2-3-5-8/h6H,2-5H2,1H3. The number of aromatic nitrogens is 1. The van der Waals surface area contributed by atoms with Crippen molar-refractivity contribution in [2.45, 2.75) is 38.8 Å². The summed E-state index contributed by atoms with van der Waals surface area (Å²) in [6.07, 6.45) is -1.43. The van der Waals surface area contributed by atoms with Crippen LogP contribution in [0.4, 0.5) is 13.2 Å². The number of alkyl halides is 3. The Hall–Kier alpha value is -0.840. The van der Waals surface area contributed by atoms with Crippen LogP contribution in [0.15, 0.2) is 11.0 Å². The van der Waals surface area contributed by atoms with E-state index in [0.717, 1.165) is 24.2 Å². The van der Waals surface area contributed by atoms with Crippen LogP contribution >= 0.6 is 11.3 Å². The highest BCUT2D eigenvalue weighted by molar-refractivity contribution is 7.10. The second-order valence-electron chi connectivity index (χ2n) is 3.98. The third kappa shape index (κ3) is 2.29. The molecule has 0 unspecified atom stereocenters. The maximum atomic E-state index is 13.0. The topological polar surface area (TPSA) is 12.9 Å². The van der Waals surface area contributed by atoms with Gasteiger partial charge in [0.2, 0.25) is 0 Å². The van der Waals surface area contributed by atoms with Crippen LogP contribution in [0.5, 0.6) is 0 Å². The molecule has 0 aromatic carbocycles. The third-order valence-electron chi connectivity index (χ3n) is 2.68. The van der Waals surface area contributed by atoms with Crippen molar-refractivity contribution < 1.29 is 13.2 Å². The Balaban J connectivity index is 2.47. The highest BCUT2D eigenvalue weighted by atomic mass is 32.1. The van der Waals surface area contributed by atoms with E-state index in [-0.39, 0.29) is 5.01 Å². The molecule has 1 heterocycles. The van der Waals surface area contributed by atoms with E-state index in [1.807, 2.05) is 0 Å². The lowest BCUT2D eigenvalue weighted by atomic mass is 10.1. The minimum Gasteiger partial charge on any atom is -0.241 e. The van der Waals surface area contributed by atoms with Gasteiger partial charge in [0, 0.05) is 11.1 Å². The van der Waals surface area contributed by atoms with Crippen LogP contribution in [0.2, 0.25) is 0 Å². The van der Waals surface area contributed by atoms with E-state index in [1.54, 1.807) is 12.3 Å². The molecule has 0 radical (unpaired) electrons. The molecule has 0 N–H and O–H groups in total. The van der Waals surface area contributed by atoms with Crippen LogP contribution in [-0.2, 0) is 0 Å². The molecule has 0 bridgehead atoms. The SMILES string of the molecule is Cc1csc(C(=C2CCCC2)C(F)(F)F)n1. The van der Waals surface area contributed by atoms with Gasteiger partial charge in [0.1, 0.15) is 5.01 Å². The maximum Gasteiger partial charge on any atom is 0.419 e. The van der Waals surface area contributed by atoms with Gasteiger partial charge in [-0.3, -0.25) is 0 Å². The molecule has 0 saturated heterocycles. The molecule has 0 atom stereocenters. The van der Waals surface area contributed by atoms with Crippen molar-refractivity contribution in [1.82, 2.24) is 4.98 Å². The van der Waals surface area contributed by atoms with Crippen molar-refractivity contribution in [2.24, 2.45) is 0 Å². The van der Waals surface area contributed by atoms with Gasteiger partial charge in [0.25, 0.3) is 0 Å². The van der Waals surface area contributed by atoms with Crippen molar-refractivity contribution in [3.63, 3.8) is 0 Å². The molecule has 2 rings (SSSR count). The molecule has 1 fully saturated rings. The Kier molecular flexibility index (Phi) is 3.06. The van der Waals surface area contributed by atoms with E-state index in [1.165, 1.54) is 0 Å². The summed E-state index contributed by atoms with van der Waals surface area (Å²) in [4.78, 5) is 3.96. The molecule has 1 aliphatic rings. The zero-order chi connectivity index (χ0) is 11.8. The molecular formula is C11H12F3NS. The minimum absolute atomic E-state index is 0.127. The molecule has 0 spiro atoms. The predicted octanol–water partition coefficient (Wildman–Crippen LogP) is 4.34. The zero-order valence-corrected chi connectivity index (χ0v) is 9.71. The number of hydrogen-bond donors (Lipinski definition) is 0. The number of allylic oxidation sites excluding steroid dienone is 2. The van der Waals surface area contributed by atoms with E-state index < -0.39 is 11.7 Å². The summed E-state index contributed by atoms with van der Waals surface area (Å²) in [5.74, 6) is 0. The Labute approximate surface area is 96.0 Å². The number of halogens is 3. The summed E-state index contributed by atoms with van der Waals surface area (Å²) in [5, 5.41) is 1.79. The Morgan fingerprint density at radius 1 is 1.31 bits per heavy atom. The van der Waals surface area contributed by atoms with Crippen LogP contribution in [0, 0.1) is 6.92 Å². The van der Waals surface area contributed by atoms with Gasteiger partial charge in [0.05, 0.1) is 5.57 Å². The van der Waals surface area contributed by atoms with Gasteiger partial charge in [-0.1, -0.05) is 5.57 Å². The van der Waals surface area contributed by atoms with E-state index in [4.69, 9.17) is 0 Å². The number of rotatable bonds is 1. The van der Waals surface area contributed by atoms with E-state index >= 15 is 0 Å². The van der Waals surface area contributed by atoms with Crippen molar-refractivity contribution in [1.29, 1.82) is 0 Å². The van der Waals surface area contributed by atoms with Crippen molar-refractivity contribution in [2.75, 3.05) is 0 Å². The van der Waals surface area contributed by atoms with Gasteiger partial charge in [0.15, 0.2) is 0 Å². The third-order valence-corrected chi connectivity index (χ3v) is 3.65. The van der Waals surface area contributed by atoms with Gasteiger partial charge in [-0.25, -0.2) is 4.98 Å². The van der Waals surface area contributed by atoms with Crippen LogP contribution in [0.1, 0.15) is 36.4 Å². The van der Waals surface area contributed by atoms with Crippen molar-refractivity contribution in [3.05, 3.63) is 21.7 Å². The Morgan fingerprint density at radius 2 is 1.94 bits per heavy atom. The first-order chi connectivity index (χ1) is 7.48. The number of thiazole rings is 1. The number of aryl methyl sites for hydroxylation is 1. The highest BCUT2D eigenvalue weighted by Gasteiger charge is 2.39. The van der Waals surface area contributed by atoms with E-state index in [0.29, 0.717) is 24.1 Å². The lowest BCUT2D eigenvalue weighted by Gasteiger charge is -2.12. The van der Waals surface area contributed by atoms with Gasteiger partial charge in [-0.05, 0) is 32.6 Å². The normalized spacial score (nSPS) is 16.9. The predicted molar refractivity (Wildman–Crippen MR) is 58.3 cm³/mol. The van der Waals surface area contributed by atoms with Crippen molar-refractivity contribution >= 4 is 16.9 Å². The molecule has 1 aromatic rings. The lowest BCUT2D eigenvalue weighted by molar-refractivity contribution is -0.0695. The Bertz CT molecular complexity index is 409. The van der Waals surface area contributed by atoms with E-state index in [9.17, 15) is 13.2 Å². The summed E-state index contributed by atoms with van der Waals surface area (Å²) in [6.45, 7) is 1.72. The van der Waals surface area contributed by atoms with Gasteiger partial charge in [-0.15, -0.1) is 11.3 Å². The number of hydrogen-bond acceptors (Lipinski definition) is 2. The summed E-state index contributed by atoms with van der Waals surface area (Å²) < 4.78 is 38.9. The monoisotopic (exact) mass is 247 g/mol. The largest absolute Gasteiger partial charge is 0.419 e. The summed E-state index contributed by atoms with van der Waals surface area (Å²) in [7, 11) is 0. The first-order valence-corrected chi connectivity index (χ1v) is 6.08. The van der Waals surface area contributed by atoms with Gasteiger partial charge in [-0.2, -0.15) is 13.2 Å². The number of nitrogens with zero attached hydrogens (tertiary/aromatic N) is 1. The smallest absolute Gasteiger partial charge is 0.241 e. The molecule has 1 saturated carbocycles. The molecule has 0 aliphatic heterocycles.